The molecule has 0 aliphatic heterocycles. The number of halogens is 1. The first-order chi connectivity index (χ1) is 5.36. The van der Waals surface area contributed by atoms with Gasteiger partial charge in [0.25, 0.3) is 0 Å². The number of pyridine rings is 1. The largest absolute Gasteiger partial charge is 1.00 e. The third-order valence-corrected chi connectivity index (χ3v) is 1.43. The van der Waals surface area contributed by atoms with E-state index in [2.05, 4.69) is 12.5 Å². The van der Waals surface area contributed by atoms with Crippen molar-refractivity contribution >= 4 is 6.08 Å². The van der Waals surface area contributed by atoms with Gasteiger partial charge in [-0.25, -0.2) is 0 Å². The molecule has 0 aliphatic rings. The maximum Gasteiger partial charge on any atom is 0.208 e. The summed E-state index contributed by atoms with van der Waals surface area (Å²) < 4.78 is 1.94. The van der Waals surface area contributed by atoms with Crippen molar-refractivity contribution < 1.29 is 17.0 Å². The zero-order valence-corrected chi connectivity index (χ0v) is 7.46. The Morgan fingerprint density at radius 3 is 2.50 bits per heavy atom. The van der Waals surface area contributed by atoms with Gasteiger partial charge in [-0.1, -0.05) is 12.7 Å². The molecule has 1 aromatic heterocycles. The van der Waals surface area contributed by atoms with Crippen molar-refractivity contribution in [3.8, 4) is 12.3 Å². The van der Waals surface area contributed by atoms with E-state index in [1.54, 1.807) is 6.08 Å². The van der Waals surface area contributed by atoms with Crippen LogP contribution in [0.25, 0.3) is 6.08 Å². The third-order valence-electron chi connectivity index (χ3n) is 1.43. The van der Waals surface area contributed by atoms with Crippen molar-refractivity contribution in [3.63, 3.8) is 0 Å². The number of rotatable bonds is 2. The minimum Gasteiger partial charge on any atom is -1.00 e. The zero-order valence-electron chi connectivity index (χ0n) is 6.70. The molecule has 2 heteroatoms. The lowest BCUT2D eigenvalue weighted by molar-refractivity contribution is -0.684. The van der Waals surface area contributed by atoms with Crippen molar-refractivity contribution in [2.45, 2.75) is 6.54 Å². The molecule has 1 aromatic rings. The van der Waals surface area contributed by atoms with E-state index in [0.717, 1.165) is 5.56 Å². The molecule has 0 atom stereocenters. The van der Waals surface area contributed by atoms with Gasteiger partial charge in [0.05, 0.1) is 0 Å². The van der Waals surface area contributed by atoms with E-state index in [1.165, 1.54) is 0 Å². The van der Waals surface area contributed by atoms with Gasteiger partial charge in [-0.15, -0.1) is 6.42 Å². The lowest BCUT2D eigenvalue weighted by atomic mass is 10.3. The summed E-state index contributed by atoms with van der Waals surface area (Å²) in [5.41, 5.74) is 1.11. The molecule has 1 heterocycles. The highest BCUT2D eigenvalue weighted by Gasteiger charge is 1.93. The monoisotopic (exact) mass is 179 g/mol. The molecule has 0 saturated carbocycles. The summed E-state index contributed by atoms with van der Waals surface area (Å²) in [5, 5.41) is 0. The molecular formula is C10H10ClN. The van der Waals surface area contributed by atoms with Gasteiger partial charge < -0.3 is 12.4 Å². The summed E-state index contributed by atoms with van der Waals surface area (Å²) in [6.07, 6.45) is 10.8. The summed E-state index contributed by atoms with van der Waals surface area (Å²) in [4.78, 5) is 0. The van der Waals surface area contributed by atoms with Crippen LogP contribution in [0.5, 0.6) is 0 Å². The van der Waals surface area contributed by atoms with E-state index < -0.39 is 0 Å². The van der Waals surface area contributed by atoms with Crippen LogP contribution in [0.3, 0.4) is 0 Å². The molecule has 0 aliphatic carbocycles. The van der Waals surface area contributed by atoms with Gasteiger partial charge >= 0.3 is 0 Å². The third kappa shape index (κ3) is 2.77. The molecule has 0 saturated heterocycles. The van der Waals surface area contributed by atoms with Crippen molar-refractivity contribution in [2.75, 3.05) is 0 Å². The highest BCUT2D eigenvalue weighted by Crippen LogP contribution is 1.94. The van der Waals surface area contributed by atoms with Crippen LogP contribution in [0, 0.1) is 12.3 Å². The molecule has 0 aromatic carbocycles. The zero-order chi connectivity index (χ0) is 8.10. The fraction of sp³-hybridized carbons (Fsp3) is 0.100. The van der Waals surface area contributed by atoms with Gasteiger partial charge in [0, 0.05) is 12.1 Å². The summed E-state index contributed by atoms with van der Waals surface area (Å²) in [6, 6.07) is 3.95. The van der Waals surface area contributed by atoms with E-state index >= 15 is 0 Å². The standard InChI is InChI=1S/C10H10N.ClH/c1-3-7-11-8-5-10(4-2)6-9-11;/h1,4-6,8-9H,2,7H2;1H/q+1;/p-1. The average molecular weight is 180 g/mol. The highest BCUT2D eigenvalue weighted by molar-refractivity contribution is 5.44. The van der Waals surface area contributed by atoms with E-state index in [1.807, 2.05) is 29.1 Å². The van der Waals surface area contributed by atoms with Gasteiger partial charge in [0.1, 0.15) is 0 Å². The van der Waals surface area contributed by atoms with Crippen LogP contribution in [-0.4, -0.2) is 0 Å². The van der Waals surface area contributed by atoms with Crippen LogP contribution in [0.1, 0.15) is 5.56 Å². The average Bonchev–Trinajstić information content (AvgIpc) is 2.07. The minimum absolute atomic E-state index is 0. The molecule has 0 amide bonds. The predicted molar refractivity (Wildman–Crippen MR) is 45.6 cm³/mol. The first-order valence-corrected chi connectivity index (χ1v) is 3.42. The normalized spacial score (nSPS) is 7.92. The Hall–Kier alpha value is -1.26. The van der Waals surface area contributed by atoms with Crippen molar-refractivity contribution in [1.29, 1.82) is 0 Å². The number of hydrogen-bond donors (Lipinski definition) is 0. The van der Waals surface area contributed by atoms with E-state index in [4.69, 9.17) is 6.42 Å². The Labute approximate surface area is 79.1 Å². The summed E-state index contributed by atoms with van der Waals surface area (Å²) in [7, 11) is 0. The lowest BCUT2D eigenvalue weighted by Gasteiger charge is -1.90. The molecule has 1 nitrogen and oxygen atoms in total. The Morgan fingerprint density at radius 1 is 1.50 bits per heavy atom. The van der Waals surface area contributed by atoms with E-state index in [9.17, 15) is 0 Å². The van der Waals surface area contributed by atoms with Crippen molar-refractivity contribution in [1.82, 2.24) is 0 Å². The smallest absolute Gasteiger partial charge is 0.208 e. The Morgan fingerprint density at radius 2 is 2.08 bits per heavy atom. The molecule has 0 radical (unpaired) electrons. The summed E-state index contributed by atoms with van der Waals surface area (Å²) >= 11 is 0. The second-order valence-corrected chi connectivity index (χ2v) is 2.21. The summed E-state index contributed by atoms with van der Waals surface area (Å²) in [6.45, 7) is 4.28. The van der Waals surface area contributed by atoms with Crippen molar-refractivity contribution in [3.05, 3.63) is 36.7 Å². The molecule has 0 fully saturated rings. The number of nitrogens with zero attached hydrogens (tertiary/aromatic N) is 1. The molecule has 62 valence electrons. The SMILES string of the molecule is C#CC[n+]1ccc(C=C)cc1.[Cl-]. The van der Waals surface area contributed by atoms with Gasteiger partial charge in [0.15, 0.2) is 12.4 Å². The maximum atomic E-state index is 5.14. The van der Waals surface area contributed by atoms with Gasteiger partial charge in [-0.05, 0) is 11.5 Å². The van der Waals surface area contributed by atoms with Crippen molar-refractivity contribution in [2.24, 2.45) is 0 Å². The van der Waals surface area contributed by atoms with Crippen LogP contribution < -0.4 is 17.0 Å². The lowest BCUT2D eigenvalue weighted by Crippen LogP contribution is -3.00. The molecule has 0 N–H and O–H groups in total. The minimum atomic E-state index is 0. The first kappa shape index (κ1) is 10.7. The molecule has 0 unspecified atom stereocenters. The Balaban J connectivity index is 0.00000121. The van der Waals surface area contributed by atoms with Crippen LogP contribution in [0.4, 0.5) is 0 Å². The quantitative estimate of drug-likeness (QED) is 0.375. The van der Waals surface area contributed by atoms with Gasteiger partial charge in [-0.3, -0.25) is 0 Å². The fourth-order valence-corrected chi connectivity index (χ4v) is 0.816. The molecule has 12 heavy (non-hydrogen) atoms. The van der Waals surface area contributed by atoms with Crippen LogP contribution in [-0.2, 0) is 6.54 Å². The maximum absolute atomic E-state index is 5.14. The molecular weight excluding hydrogens is 170 g/mol. The highest BCUT2D eigenvalue weighted by atomic mass is 35.5. The fourth-order valence-electron chi connectivity index (χ4n) is 0.816. The Kier molecular flexibility index (Phi) is 4.83. The predicted octanol–water partition coefficient (Wildman–Crippen LogP) is -1.75. The first-order valence-electron chi connectivity index (χ1n) is 3.42. The second kappa shape index (κ2) is 5.40. The van der Waals surface area contributed by atoms with E-state index in [-0.39, 0.29) is 12.4 Å². The number of terminal acetylenes is 1. The van der Waals surface area contributed by atoms with Gasteiger partial charge in [0.2, 0.25) is 6.54 Å². The number of aromatic nitrogens is 1. The molecule has 0 spiro atoms. The van der Waals surface area contributed by atoms with Crippen LogP contribution in [0.15, 0.2) is 31.1 Å². The Bertz CT molecular complexity index is 282. The second-order valence-electron chi connectivity index (χ2n) is 2.21. The van der Waals surface area contributed by atoms with Gasteiger partial charge in [-0.2, -0.15) is 4.57 Å². The number of hydrogen-bond acceptors (Lipinski definition) is 0. The van der Waals surface area contributed by atoms with Crippen LogP contribution >= 0.6 is 0 Å². The van der Waals surface area contributed by atoms with E-state index in [0.29, 0.717) is 6.54 Å². The summed E-state index contributed by atoms with van der Waals surface area (Å²) in [5.74, 6) is 2.56. The topological polar surface area (TPSA) is 3.88 Å². The van der Waals surface area contributed by atoms with Crippen LogP contribution in [0.2, 0.25) is 0 Å². The molecule has 1 rings (SSSR count). The molecule has 0 bridgehead atoms.